The van der Waals surface area contributed by atoms with Crippen molar-refractivity contribution in [2.75, 3.05) is 45.3 Å². The monoisotopic (exact) mass is 301 g/mol. The first-order valence-electron chi connectivity index (χ1n) is 6.50. The lowest BCUT2D eigenvalue weighted by atomic mass is 10.3. The highest BCUT2D eigenvalue weighted by Gasteiger charge is 2.10. The van der Waals surface area contributed by atoms with Crippen LogP contribution in [-0.2, 0) is 10.0 Å². The van der Waals surface area contributed by atoms with E-state index < -0.39 is 10.0 Å². The van der Waals surface area contributed by atoms with E-state index in [1.807, 2.05) is 19.0 Å². The Hall–Kier alpha value is -1.31. The van der Waals surface area contributed by atoms with Crippen molar-refractivity contribution in [3.63, 3.8) is 0 Å². The van der Waals surface area contributed by atoms with E-state index in [9.17, 15) is 8.42 Å². The zero-order chi connectivity index (χ0) is 15.0. The lowest BCUT2D eigenvalue weighted by Gasteiger charge is -2.11. The van der Waals surface area contributed by atoms with Gasteiger partial charge in [-0.05, 0) is 39.2 Å². The molecule has 0 heterocycles. The molecule has 0 unspecified atom stereocenters. The Bertz CT molecular complexity index is 503. The van der Waals surface area contributed by atoms with Crippen molar-refractivity contribution in [1.82, 2.24) is 9.62 Å². The molecule has 0 aliphatic rings. The predicted octanol–water partition coefficient (Wildman–Crippen LogP) is 0.519. The van der Waals surface area contributed by atoms with Crippen molar-refractivity contribution in [3.8, 4) is 5.75 Å². The molecule has 6 nitrogen and oxygen atoms in total. The maximum atomic E-state index is 11.7. The summed E-state index contributed by atoms with van der Waals surface area (Å²) in [7, 11) is 0.605. The Labute approximate surface area is 121 Å². The van der Waals surface area contributed by atoms with Gasteiger partial charge in [0.25, 0.3) is 0 Å². The second kappa shape index (κ2) is 8.08. The van der Waals surface area contributed by atoms with Gasteiger partial charge >= 0.3 is 0 Å². The number of rotatable bonds is 9. The molecule has 0 saturated carbocycles. The van der Waals surface area contributed by atoms with Crippen molar-refractivity contribution >= 4 is 15.7 Å². The number of hydrogen-bond acceptors (Lipinski definition) is 5. The molecule has 0 aliphatic heterocycles. The summed E-state index contributed by atoms with van der Waals surface area (Å²) in [6.45, 7) is 1.37. The summed E-state index contributed by atoms with van der Waals surface area (Å²) in [5, 5.41) is 0. The Morgan fingerprint density at radius 1 is 1.30 bits per heavy atom. The second-order valence-corrected chi connectivity index (χ2v) is 6.68. The third-order valence-corrected chi connectivity index (χ3v) is 3.98. The molecule has 1 rings (SSSR count). The molecule has 7 heteroatoms. The number of nitrogens with two attached hydrogens (primary N) is 1. The number of anilines is 1. The molecule has 0 fully saturated rings. The van der Waals surface area contributed by atoms with Crippen molar-refractivity contribution in [3.05, 3.63) is 24.3 Å². The van der Waals surface area contributed by atoms with Crippen LogP contribution in [-0.4, -0.2) is 52.9 Å². The van der Waals surface area contributed by atoms with Gasteiger partial charge in [0.15, 0.2) is 0 Å². The smallest absolute Gasteiger partial charge is 0.214 e. The van der Waals surface area contributed by atoms with Crippen molar-refractivity contribution in [2.45, 2.75) is 6.42 Å². The molecule has 0 atom stereocenters. The summed E-state index contributed by atoms with van der Waals surface area (Å²) >= 11 is 0. The van der Waals surface area contributed by atoms with E-state index in [0.29, 0.717) is 18.0 Å². The van der Waals surface area contributed by atoms with Gasteiger partial charge in [0.05, 0.1) is 11.4 Å². The number of para-hydroxylation sites is 2. The van der Waals surface area contributed by atoms with Gasteiger partial charge in [-0.2, -0.15) is 0 Å². The largest absolute Gasteiger partial charge is 0.490 e. The summed E-state index contributed by atoms with van der Waals surface area (Å²) in [5.41, 5.74) is 6.21. The molecule has 0 radical (unpaired) electrons. The first-order chi connectivity index (χ1) is 9.41. The number of ether oxygens (including phenoxy) is 1. The van der Waals surface area contributed by atoms with Gasteiger partial charge in [-0.1, -0.05) is 12.1 Å². The highest BCUT2D eigenvalue weighted by atomic mass is 32.2. The lowest BCUT2D eigenvalue weighted by Crippen LogP contribution is -2.31. The van der Waals surface area contributed by atoms with Crippen LogP contribution in [0.4, 0.5) is 5.69 Å². The van der Waals surface area contributed by atoms with Gasteiger partial charge < -0.3 is 15.4 Å². The van der Waals surface area contributed by atoms with Crippen LogP contribution in [0.25, 0.3) is 0 Å². The fourth-order valence-electron chi connectivity index (χ4n) is 1.57. The maximum absolute atomic E-state index is 11.7. The number of benzene rings is 1. The fourth-order valence-corrected chi connectivity index (χ4v) is 2.47. The van der Waals surface area contributed by atoms with Gasteiger partial charge in [0.2, 0.25) is 10.0 Å². The average molecular weight is 301 g/mol. The van der Waals surface area contributed by atoms with Crippen molar-refractivity contribution < 1.29 is 13.2 Å². The van der Waals surface area contributed by atoms with E-state index in [1.54, 1.807) is 24.3 Å². The minimum absolute atomic E-state index is 0.0801. The SMILES string of the molecule is CN(C)CCCNS(=O)(=O)CCOc1ccccc1N. The second-order valence-electron chi connectivity index (χ2n) is 4.76. The Balaban J connectivity index is 2.28. The van der Waals surface area contributed by atoms with E-state index in [0.717, 1.165) is 13.0 Å². The van der Waals surface area contributed by atoms with Crippen LogP contribution in [0.2, 0.25) is 0 Å². The molecule has 0 amide bonds. The minimum atomic E-state index is -3.30. The first-order valence-corrected chi connectivity index (χ1v) is 8.15. The molecule has 0 aromatic heterocycles. The third kappa shape index (κ3) is 6.74. The molecule has 20 heavy (non-hydrogen) atoms. The molecular weight excluding hydrogens is 278 g/mol. The van der Waals surface area contributed by atoms with Gasteiger partial charge in [0, 0.05) is 6.54 Å². The molecule has 0 spiro atoms. The summed E-state index contributed by atoms with van der Waals surface area (Å²) in [6, 6.07) is 7.01. The van der Waals surface area contributed by atoms with Gasteiger partial charge in [-0.25, -0.2) is 13.1 Å². The van der Waals surface area contributed by atoms with Crippen molar-refractivity contribution in [2.24, 2.45) is 0 Å². The minimum Gasteiger partial charge on any atom is -0.490 e. The Kier molecular flexibility index (Phi) is 6.77. The van der Waals surface area contributed by atoms with Crippen molar-refractivity contribution in [1.29, 1.82) is 0 Å². The molecule has 0 bridgehead atoms. The van der Waals surface area contributed by atoms with E-state index in [4.69, 9.17) is 10.5 Å². The molecule has 0 saturated heterocycles. The Morgan fingerprint density at radius 2 is 2.00 bits per heavy atom. The standard InChI is InChI=1S/C13H23N3O3S/c1-16(2)9-5-8-15-20(17,18)11-10-19-13-7-4-3-6-12(13)14/h3-4,6-7,15H,5,8-11,14H2,1-2H3. The molecule has 0 aliphatic carbocycles. The average Bonchev–Trinajstić information content (AvgIpc) is 2.37. The molecular formula is C13H23N3O3S. The van der Waals surface area contributed by atoms with Gasteiger partial charge in [-0.15, -0.1) is 0 Å². The zero-order valence-electron chi connectivity index (χ0n) is 12.0. The van der Waals surface area contributed by atoms with E-state index in [1.165, 1.54) is 0 Å². The topological polar surface area (TPSA) is 84.7 Å². The number of sulfonamides is 1. The van der Waals surface area contributed by atoms with Crippen LogP contribution >= 0.6 is 0 Å². The highest BCUT2D eigenvalue weighted by Crippen LogP contribution is 2.19. The molecule has 3 N–H and O–H groups in total. The summed E-state index contributed by atoms with van der Waals surface area (Å²) in [4.78, 5) is 2.01. The number of nitrogens with one attached hydrogen (secondary N) is 1. The van der Waals surface area contributed by atoms with Crippen LogP contribution in [0.1, 0.15) is 6.42 Å². The fraction of sp³-hybridized carbons (Fsp3) is 0.538. The summed E-state index contributed by atoms with van der Waals surface area (Å²) in [6.07, 6.45) is 0.777. The summed E-state index contributed by atoms with van der Waals surface area (Å²) in [5.74, 6) is 0.429. The van der Waals surface area contributed by atoms with Crippen LogP contribution in [0.15, 0.2) is 24.3 Å². The third-order valence-electron chi connectivity index (χ3n) is 2.63. The van der Waals surface area contributed by atoms with Gasteiger partial charge in [-0.3, -0.25) is 0 Å². The van der Waals surface area contributed by atoms with Crippen LogP contribution in [0.3, 0.4) is 0 Å². The lowest BCUT2D eigenvalue weighted by molar-refractivity contribution is 0.342. The van der Waals surface area contributed by atoms with E-state index >= 15 is 0 Å². The Morgan fingerprint density at radius 3 is 2.65 bits per heavy atom. The molecule has 1 aromatic carbocycles. The predicted molar refractivity (Wildman–Crippen MR) is 81.3 cm³/mol. The number of nitrogens with zero attached hydrogens (tertiary/aromatic N) is 1. The molecule has 114 valence electrons. The normalized spacial score (nSPS) is 11.8. The summed E-state index contributed by atoms with van der Waals surface area (Å²) < 4.78 is 31.3. The zero-order valence-corrected chi connectivity index (χ0v) is 12.8. The quantitative estimate of drug-likeness (QED) is 0.513. The van der Waals surface area contributed by atoms with E-state index in [-0.39, 0.29) is 12.4 Å². The van der Waals surface area contributed by atoms with Gasteiger partial charge in [0.1, 0.15) is 12.4 Å². The first kappa shape index (κ1) is 16.7. The number of hydrogen-bond donors (Lipinski definition) is 2. The van der Waals surface area contributed by atoms with Crippen LogP contribution in [0, 0.1) is 0 Å². The van der Waals surface area contributed by atoms with Crippen LogP contribution in [0.5, 0.6) is 5.75 Å². The number of nitrogen functional groups attached to an aromatic ring is 1. The molecule has 1 aromatic rings. The maximum Gasteiger partial charge on any atom is 0.214 e. The highest BCUT2D eigenvalue weighted by molar-refractivity contribution is 7.89. The van der Waals surface area contributed by atoms with Crippen LogP contribution < -0.4 is 15.2 Å². The van der Waals surface area contributed by atoms with E-state index in [2.05, 4.69) is 4.72 Å².